The number of alkyl carbamates (subject to hydrolysis) is 1. The lowest BCUT2D eigenvalue weighted by Crippen LogP contribution is -2.34. The molecular weight excluding hydrogens is 360 g/mol. The Morgan fingerprint density at radius 2 is 2.04 bits per heavy atom. The lowest BCUT2D eigenvalue weighted by molar-refractivity contribution is 0.0531. The Morgan fingerprint density at radius 1 is 1.32 bits per heavy atom. The van der Waals surface area contributed by atoms with Gasteiger partial charge in [0.2, 0.25) is 0 Å². The van der Waals surface area contributed by atoms with E-state index in [1.54, 1.807) is 11.9 Å². The zero-order valence-electron chi connectivity index (χ0n) is 15.8. The van der Waals surface area contributed by atoms with E-state index in [0.717, 1.165) is 31.1 Å². The molecule has 0 rings (SSSR count). The number of nitrogens with one attached hydrogen (secondary N) is 2. The van der Waals surface area contributed by atoms with Gasteiger partial charge in [-0.15, -0.1) is 11.6 Å². The van der Waals surface area contributed by atoms with Crippen LogP contribution in [-0.2, 0) is 4.74 Å². The number of amides is 1. The number of likely N-dealkylation sites (N-methyl/N-ethyl adjacent to an activating group) is 1. The van der Waals surface area contributed by atoms with Gasteiger partial charge in [-0.1, -0.05) is 24.9 Å². The number of nitrogens with zero attached hydrogens (tertiary/aromatic N) is 1. The van der Waals surface area contributed by atoms with Crippen LogP contribution in [0.25, 0.3) is 0 Å². The Morgan fingerprint density at radius 3 is 2.60 bits per heavy atom. The maximum absolute atomic E-state index is 11.6. The van der Waals surface area contributed by atoms with E-state index < -0.39 is 5.60 Å². The fourth-order valence-corrected chi connectivity index (χ4v) is 2.72. The second kappa shape index (κ2) is 14.3. The largest absolute Gasteiger partial charge is 0.444 e. The molecule has 0 heterocycles. The number of carbonyl (C=O) groups excluding carboxylic acids is 1. The van der Waals surface area contributed by atoms with Crippen LogP contribution in [0.15, 0.2) is 23.9 Å². The molecule has 0 radical (unpaired) electrons. The molecule has 6 nitrogen and oxygen atoms in total. The number of halogens is 1. The second-order valence-corrected chi connectivity index (χ2v) is 7.65. The van der Waals surface area contributed by atoms with Gasteiger partial charge >= 0.3 is 6.09 Å². The third-order valence-electron chi connectivity index (χ3n) is 2.81. The van der Waals surface area contributed by atoms with Crippen LogP contribution in [0, 0.1) is 0 Å². The Hall–Kier alpha value is -0.890. The predicted molar refractivity (Wildman–Crippen MR) is 109 cm³/mol. The molecule has 1 amide bonds. The van der Waals surface area contributed by atoms with Crippen LogP contribution in [0.3, 0.4) is 0 Å². The molecule has 0 aliphatic rings. The molecule has 25 heavy (non-hydrogen) atoms. The molecular formula is C17H33ClN4O2S. The number of nitrogens with two attached hydrogens (primary N) is 1. The van der Waals surface area contributed by atoms with Gasteiger partial charge in [-0.3, -0.25) is 0 Å². The highest BCUT2D eigenvalue weighted by molar-refractivity contribution is 7.97. The maximum atomic E-state index is 11.6. The highest BCUT2D eigenvalue weighted by Crippen LogP contribution is 2.09. The van der Waals surface area contributed by atoms with E-state index in [4.69, 9.17) is 22.1 Å². The summed E-state index contributed by atoms with van der Waals surface area (Å²) in [5.41, 5.74) is 6.07. The number of rotatable bonds is 12. The monoisotopic (exact) mass is 392 g/mol. The lowest BCUT2D eigenvalue weighted by Gasteiger charge is -2.21. The first kappa shape index (κ1) is 24.1. The molecule has 146 valence electrons. The summed E-state index contributed by atoms with van der Waals surface area (Å²) in [6, 6.07) is 0. The summed E-state index contributed by atoms with van der Waals surface area (Å²) in [6.45, 7) is 11.3. The third-order valence-corrected chi connectivity index (χ3v) is 4.18. The van der Waals surface area contributed by atoms with E-state index in [-0.39, 0.29) is 6.09 Å². The van der Waals surface area contributed by atoms with Crippen molar-refractivity contribution in [1.82, 2.24) is 14.9 Å². The lowest BCUT2D eigenvalue weighted by atomic mass is 10.2. The van der Waals surface area contributed by atoms with E-state index in [0.29, 0.717) is 19.0 Å². The smallest absolute Gasteiger partial charge is 0.407 e. The minimum absolute atomic E-state index is 0.375. The SMILES string of the molecule is CCN(CCNC(/C=C\CCl)=C/CN)SCCNC(=O)OC(C)(C)C. The second-order valence-electron chi connectivity index (χ2n) is 6.16. The Kier molecular flexibility index (Phi) is 13.8. The Balaban J connectivity index is 4.01. The number of hydrogen-bond acceptors (Lipinski definition) is 6. The topological polar surface area (TPSA) is 79.6 Å². The first-order valence-corrected chi connectivity index (χ1v) is 10.0. The zero-order valence-corrected chi connectivity index (χ0v) is 17.4. The minimum Gasteiger partial charge on any atom is -0.444 e. The maximum Gasteiger partial charge on any atom is 0.407 e. The summed E-state index contributed by atoms with van der Waals surface area (Å²) in [4.78, 5) is 11.6. The minimum atomic E-state index is -0.467. The average Bonchev–Trinajstić information content (AvgIpc) is 2.53. The molecule has 0 fully saturated rings. The number of hydrogen-bond donors (Lipinski definition) is 3. The molecule has 0 unspecified atom stereocenters. The molecule has 0 saturated heterocycles. The third kappa shape index (κ3) is 15.1. The van der Waals surface area contributed by atoms with Crippen LogP contribution in [0.2, 0.25) is 0 Å². The standard InChI is InChI=1S/C17H33ClN4O2S/c1-5-22(13-11-20-15(8-10-19)7-6-9-18)25-14-12-21-16(23)24-17(2,3)4/h6-8,20H,5,9-14,19H2,1-4H3,(H,21,23)/b7-6-,15-8+. The van der Waals surface area contributed by atoms with Crippen molar-refractivity contribution in [2.75, 3.05) is 44.4 Å². The van der Waals surface area contributed by atoms with Gasteiger partial charge in [-0.25, -0.2) is 9.10 Å². The summed E-state index contributed by atoms with van der Waals surface area (Å²) < 4.78 is 7.45. The zero-order chi connectivity index (χ0) is 19.1. The molecule has 0 spiro atoms. The molecule has 0 aromatic carbocycles. The van der Waals surface area contributed by atoms with Gasteiger partial charge in [0.05, 0.1) is 0 Å². The van der Waals surface area contributed by atoms with Crippen LogP contribution < -0.4 is 16.4 Å². The molecule has 0 aromatic heterocycles. The van der Waals surface area contributed by atoms with Crippen molar-refractivity contribution in [3.05, 3.63) is 23.9 Å². The molecule has 8 heteroatoms. The van der Waals surface area contributed by atoms with Crippen molar-refractivity contribution >= 4 is 29.6 Å². The first-order valence-electron chi connectivity index (χ1n) is 8.53. The van der Waals surface area contributed by atoms with E-state index in [2.05, 4.69) is 21.9 Å². The van der Waals surface area contributed by atoms with Gasteiger partial charge in [0.25, 0.3) is 0 Å². The Labute approximate surface area is 161 Å². The van der Waals surface area contributed by atoms with Crippen LogP contribution in [0.1, 0.15) is 27.7 Å². The average molecular weight is 393 g/mol. The van der Waals surface area contributed by atoms with Crippen LogP contribution in [0.5, 0.6) is 0 Å². The number of allylic oxidation sites excluding steroid dienone is 2. The number of carbonyl (C=O) groups is 1. The van der Waals surface area contributed by atoms with Gasteiger partial charge in [0.1, 0.15) is 5.60 Å². The van der Waals surface area contributed by atoms with Crippen LogP contribution in [0.4, 0.5) is 4.79 Å². The summed E-state index contributed by atoms with van der Waals surface area (Å²) in [5, 5.41) is 6.11. The van der Waals surface area contributed by atoms with Gasteiger partial charge in [-0.05, 0) is 32.9 Å². The van der Waals surface area contributed by atoms with Crippen molar-refractivity contribution in [2.24, 2.45) is 5.73 Å². The van der Waals surface area contributed by atoms with Gasteiger partial charge in [-0.2, -0.15) is 0 Å². The molecule has 4 N–H and O–H groups in total. The molecule has 0 atom stereocenters. The van der Waals surface area contributed by atoms with Crippen molar-refractivity contribution in [3.8, 4) is 0 Å². The van der Waals surface area contributed by atoms with Gasteiger partial charge < -0.3 is 21.1 Å². The molecule has 0 aliphatic heterocycles. The van der Waals surface area contributed by atoms with E-state index >= 15 is 0 Å². The summed E-state index contributed by atoms with van der Waals surface area (Å²) in [6.07, 6.45) is 5.37. The number of ether oxygens (including phenoxy) is 1. The quantitative estimate of drug-likeness (QED) is 0.205. The molecule has 0 aliphatic carbocycles. The highest BCUT2D eigenvalue weighted by atomic mass is 35.5. The highest BCUT2D eigenvalue weighted by Gasteiger charge is 2.15. The van der Waals surface area contributed by atoms with Gasteiger partial charge in [0, 0.05) is 50.1 Å². The summed E-state index contributed by atoms with van der Waals surface area (Å²) in [7, 11) is 0. The van der Waals surface area contributed by atoms with E-state index in [9.17, 15) is 4.79 Å². The summed E-state index contributed by atoms with van der Waals surface area (Å²) in [5.74, 6) is 1.27. The fraction of sp³-hybridized carbons (Fsp3) is 0.706. The van der Waals surface area contributed by atoms with Crippen molar-refractivity contribution < 1.29 is 9.53 Å². The van der Waals surface area contributed by atoms with Crippen LogP contribution >= 0.6 is 23.5 Å². The summed E-state index contributed by atoms with van der Waals surface area (Å²) >= 11 is 7.36. The van der Waals surface area contributed by atoms with Gasteiger partial charge in [0.15, 0.2) is 0 Å². The molecule has 0 saturated carbocycles. The molecule has 0 aromatic rings. The first-order chi connectivity index (χ1) is 11.8. The predicted octanol–water partition coefficient (Wildman–Crippen LogP) is 2.71. The van der Waals surface area contributed by atoms with Crippen molar-refractivity contribution in [1.29, 1.82) is 0 Å². The Bertz CT molecular complexity index is 425. The van der Waals surface area contributed by atoms with E-state index in [1.807, 2.05) is 39.0 Å². The number of alkyl halides is 1. The fourth-order valence-electron chi connectivity index (χ4n) is 1.78. The van der Waals surface area contributed by atoms with Crippen molar-refractivity contribution in [2.45, 2.75) is 33.3 Å². The normalized spacial score (nSPS) is 12.7. The van der Waals surface area contributed by atoms with E-state index in [1.165, 1.54) is 0 Å². The molecule has 0 bridgehead atoms. The van der Waals surface area contributed by atoms with Crippen molar-refractivity contribution in [3.63, 3.8) is 0 Å². The van der Waals surface area contributed by atoms with Crippen LogP contribution in [-0.4, -0.2) is 60.4 Å².